The molecule has 0 aromatic heterocycles. The smallest absolute Gasteiger partial charge is 0.254 e. The van der Waals surface area contributed by atoms with E-state index in [1.165, 1.54) is 77.0 Å². The summed E-state index contributed by atoms with van der Waals surface area (Å²) in [7, 11) is 0. The van der Waals surface area contributed by atoms with Gasteiger partial charge in [-0.2, -0.15) is 0 Å². The van der Waals surface area contributed by atoms with Crippen molar-refractivity contribution in [3.63, 3.8) is 0 Å². The molecule has 1 amide bonds. The van der Waals surface area contributed by atoms with Gasteiger partial charge >= 0.3 is 0 Å². The molecule has 1 aromatic carbocycles. The lowest BCUT2D eigenvalue weighted by molar-refractivity contribution is 0.0303. The second kappa shape index (κ2) is 15.3. The summed E-state index contributed by atoms with van der Waals surface area (Å²) in [5.74, 6) is 0.112. The van der Waals surface area contributed by atoms with Crippen molar-refractivity contribution in [1.82, 2.24) is 4.90 Å². The van der Waals surface area contributed by atoms with E-state index < -0.39 is 0 Å². The Hall–Kier alpha value is -1.55. The van der Waals surface area contributed by atoms with Gasteiger partial charge in [0, 0.05) is 30.9 Å². The third kappa shape index (κ3) is 10.2. The Balaban J connectivity index is 1.46. The van der Waals surface area contributed by atoms with Crippen molar-refractivity contribution in [2.45, 2.75) is 84.0 Å². The van der Waals surface area contributed by atoms with Gasteiger partial charge in [0.25, 0.3) is 5.91 Å². The number of rotatable bonds is 15. The summed E-state index contributed by atoms with van der Waals surface area (Å²) in [5, 5.41) is 3.48. The van der Waals surface area contributed by atoms with Crippen LogP contribution in [-0.2, 0) is 4.74 Å². The lowest BCUT2D eigenvalue weighted by Gasteiger charge is -2.26. The van der Waals surface area contributed by atoms with Crippen LogP contribution in [0.3, 0.4) is 0 Å². The molecule has 0 spiro atoms. The van der Waals surface area contributed by atoms with E-state index in [1.54, 1.807) is 0 Å². The molecule has 0 atom stereocenters. The minimum absolute atomic E-state index is 0.112. The van der Waals surface area contributed by atoms with Crippen molar-refractivity contribution in [1.29, 1.82) is 0 Å². The summed E-state index contributed by atoms with van der Waals surface area (Å²) in [6, 6.07) is 7.91. The number of hydrogen-bond donors (Lipinski definition) is 1. The molecule has 1 aromatic rings. The molecule has 0 bridgehead atoms. The first-order chi connectivity index (χ1) is 14.3. The summed E-state index contributed by atoms with van der Waals surface area (Å²) in [6.45, 7) is 5.96. The highest BCUT2D eigenvalue weighted by molar-refractivity contribution is 5.94. The fraction of sp³-hybridized carbons (Fsp3) is 0.720. The quantitative estimate of drug-likeness (QED) is 0.351. The number of benzene rings is 1. The van der Waals surface area contributed by atoms with E-state index in [9.17, 15) is 4.79 Å². The standard InChI is InChI=1S/C25H42N2O2/c1-2-3-4-5-6-7-8-9-10-11-12-13-18-26-24-16-14-23(15-17-24)25(28)27-19-21-29-22-20-27/h14-17,26H,2-13,18-22H2,1H3. The number of hydrogen-bond acceptors (Lipinski definition) is 3. The first-order valence-corrected chi connectivity index (χ1v) is 12.0. The molecule has 0 aliphatic carbocycles. The summed E-state index contributed by atoms with van der Waals surface area (Å²) in [5.41, 5.74) is 1.87. The highest BCUT2D eigenvalue weighted by atomic mass is 16.5. The Labute approximate surface area is 178 Å². The Morgan fingerprint density at radius 2 is 1.34 bits per heavy atom. The van der Waals surface area contributed by atoms with Gasteiger partial charge in [0.15, 0.2) is 0 Å². The van der Waals surface area contributed by atoms with Gasteiger partial charge in [-0.1, -0.05) is 77.6 Å². The highest BCUT2D eigenvalue weighted by Gasteiger charge is 2.18. The van der Waals surface area contributed by atoms with Crippen molar-refractivity contribution in [3.8, 4) is 0 Å². The number of anilines is 1. The number of unbranched alkanes of at least 4 members (excludes halogenated alkanes) is 11. The number of carbonyl (C=O) groups excluding carboxylic acids is 1. The minimum atomic E-state index is 0.112. The van der Waals surface area contributed by atoms with Crippen LogP contribution in [0, 0.1) is 0 Å². The third-order valence-corrected chi connectivity index (χ3v) is 5.79. The van der Waals surface area contributed by atoms with Gasteiger partial charge in [0.1, 0.15) is 0 Å². The molecule has 1 aliphatic rings. The van der Waals surface area contributed by atoms with Crippen LogP contribution in [0.2, 0.25) is 0 Å². The van der Waals surface area contributed by atoms with E-state index >= 15 is 0 Å². The Morgan fingerprint density at radius 1 is 0.828 bits per heavy atom. The summed E-state index contributed by atoms with van der Waals surface area (Å²) in [6.07, 6.45) is 16.5. The number of nitrogens with zero attached hydrogens (tertiary/aromatic N) is 1. The summed E-state index contributed by atoms with van der Waals surface area (Å²) in [4.78, 5) is 14.3. The Bertz CT molecular complexity index is 538. The van der Waals surface area contributed by atoms with Crippen LogP contribution in [0.1, 0.15) is 94.3 Å². The van der Waals surface area contributed by atoms with Gasteiger partial charge in [-0.05, 0) is 30.7 Å². The molecule has 29 heavy (non-hydrogen) atoms. The monoisotopic (exact) mass is 402 g/mol. The van der Waals surface area contributed by atoms with Gasteiger partial charge in [-0.25, -0.2) is 0 Å². The lowest BCUT2D eigenvalue weighted by atomic mass is 10.1. The molecule has 1 N–H and O–H groups in total. The molecule has 1 fully saturated rings. The van der Waals surface area contributed by atoms with Crippen LogP contribution in [0.15, 0.2) is 24.3 Å². The van der Waals surface area contributed by atoms with Gasteiger partial charge in [0.05, 0.1) is 13.2 Å². The number of amides is 1. The molecule has 1 heterocycles. The van der Waals surface area contributed by atoms with E-state index in [2.05, 4.69) is 12.2 Å². The molecule has 2 rings (SSSR count). The van der Waals surface area contributed by atoms with Gasteiger partial charge < -0.3 is 15.0 Å². The van der Waals surface area contributed by atoms with Gasteiger partial charge in [-0.3, -0.25) is 4.79 Å². The van der Waals surface area contributed by atoms with E-state index in [-0.39, 0.29) is 5.91 Å². The zero-order valence-corrected chi connectivity index (χ0v) is 18.6. The van der Waals surface area contributed by atoms with Crippen LogP contribution in [-0.4, -0.2) is 43.7 Å². The highest BCUT2D eigenvalue weighted by Crippen LogP contribution is 2.14. The van der Waals surface area contributed by atoms with Crippen LogP contribution >= 0.6 is 0 Å². The van der Waals surface area contributed by atoms with E-state index in [1.807, 2.05) is 29.2 Å². The molecule has 4 nitrogen and oxygen atoms in total. The summed E-state index contributed by atoms with van der Waals surface area (Å²) >= 11 is 0. The van der Waals surface area contributed by atoms with Crippen molar-refractivity contribution in [2.24, 2.45) is 0 Å². The maximum absolute atomic E-state index is 12.4. The second-order valence-corrected chi connectivity index (χ2v) is 8.30. The van der Waals surface area contributed by atoms with Crippen molar-refractivity contribution in [3.05, 3.63) is 29.8 Å². The molecule has 4 heteroatoms. The molecule has 1 saturated heterocycles. The minimum Gasteiger partial charge on any atom is -0.385 e. The third-order valence-electron chi connectivity index (χ3n) is 5.79. The molecular weight excluding hydrogens is 360 g/mol. The Kier molecular flexibility index (Phi) is 12.5. The molecule has 1 aliphatic heterocycles. The molecule has 0 radical (unpaired) electrons. The predicted molar refractivity (Wildman–Crippen MR) is 123 cm³/mol. The SMILES string of the molecule is CCCCCCCCCCCCCCNc1ccc(C(=O)N2CCOCC2)cc1. The second-order valence-electron chi connectivity index (χ2n) is 8.30. The largest absolute Gasteiger partial charge is 0.385 e. The topological polar surface area (TPSA) is 41.6 Å². The molecule has 0 unspecified atom stereocenters. The van der Waals surface area contributed by atoms with Gasteiger partial charge in [0.2, 0.25) is 0 Å². The van der Waals surface area contributed by atoms with Crippen molar-refractivity contribution in [2.75, 3.05) is 38.2 Å². The maximum Gasteiger partial charge on any atom is 0.254 e. The molecule has 0 saturated carbocycles. The van der Waals surface area contributed by atoms with E-state index in [0.29, 0.717) is 26.3 Å². The fourth-order valence-corrected chi connectivity index (χ4v) is 3.88. The fourth-order valence-electron chi connectivity index (χ4n) is 3.88. The zero-order valence-electron chi connectivity index (χ0n) is 18.6. The van der Waals surface area contributed by atoms with Crippen LogP contribution in [0.4, 0.5) is 5.69 Å². The molecular formula is C25H42N2O2. The normalized spacial score (nSPS) is 14.2. The number of morpholine rings is 1. The number of carbonyl (C=O) groups is 1. The first-order valence-electron chi connectivity index (χ1n) is 12.0. The first kappa shape index (κ1) is 23.7. The zero-order chi connectivity index (χ0) is 20.6. The van der Waals surface area contributed by atoms with Crippen LogP contribution in [0.25, 0.3) is 0 Å². The van der Waals surface area contributed by atoms with Crippen LogP contribution in [0.5, 0.6) is 0 Å². The number of nitrogens with one attached hydrogen (secondary N) is 1. The van der Waals surface area contributed by atoms with Crippen molar-refractivity contribution >= 4 is 11.6 Å². The predicted octanol–water partition coefficient (Wildman–Crippen LogP) is 6.27. The molecule has 164 valence electrons. The average Bonchev–Trinajstić information content (AvgIpc) is 2.77. The van der Waals surface area contributed by atoms with E-state index in [4.69, 9.17) is 4.74 Å². The van der Waals surface area contributed by atoms with Gasteiger partial charge in [-0.15, -0.1) is 0 Å². The Morgan fingerprint density at radius 3 is 1.90 bits per heavy atom. The average molecular weight is 403 g/mol. The van der Waals surface area contributed by atoms with E-state index in [0.717, 1.165) is 17.8 Å². The summed E-state index contributed by atoms with van der Waals surface area (Å²) < 4.78 is 5.31. The maximum atomic E-state index is 12.4. The lowest BCUT2D eigenvalue weighted by Crippen LogP contribution is -2.40. The number of ether oxygens (including phenoxy) is 1. The van der Waals surface area contributed by atoms with Crippen molar-refractivity contribution < 1.29 is 9.53 Å². The van der Waals surface area contributed by atoms with Crippen LogP contribution < -0.4 is 5.32 Å².